The Morgan fingerprint density at radius 2 is 1.74 bits per heavy atom. The van der Waals surface area contributed by atoms with Gasteiger partial charge in [0.1, 0.15) is 0 Å². The summed E-state index contributed by atoms with van der Waals surface area (Å²) < 4.78 is 36.8. The third-order valence-corrected chi connectivity index (χ3v) is 9.12. The standard InChI is InChI=1S/C23H42N2O5S/c1-4-31(27,28)25-12-5-19(6-13-25)17-29-14-9-21-15-22(21)20-7-10-24(11-8-20)23(26)30-16-18(2)3/h18-22H,4-17H2,1-3H3. The number of rotatable bonds is 10. The van der Waals surface area contributed by atoms with Crippen LogP contribution in [0.15, 0.2) is 0 Å². The molecule has 0 radical (unpaired) electrons. The van der Waals surface area contributed by atoms with Crippen LogP contribution in [-0.2, 0) is 19.5 Å². The van der Waals surface area contributed by atoms with Gasteiger partial charge in [0, 0.05) is 39.4 Å². The van der Waals surface area contributed by atoms with Gasteiger partial charge in [0.05, 0.1) is 12.4 Å². The van der Waals surface area contributed by atoms with Gasteiger partial charge in [-0.3, -0.25) is 0 Å². The van der Waals surface area contributed by atoms with E-state index in [2.05, 4.69) is 13.8 Å². The number of sulfonamides is 1. The quantitative estimate of drug-likeness (QED) is 0.468. The molecule has 8 heteroatoms. The van der Waals surface area contributed by atoms with E-state index in [-0.39, 0.29) is 11.8 Å². The highest BCUT2D eigenvalue weighted by molar-refractivity contribution is 7.89. The number of amides is 1. The van der Waals surface area contributed by atoms with Crippen LogP contribution in [0.25, 0.3) is 0 Å². The summed E-state index contributed by atoms with van der Waals surface area (Å²) in [6, 6.07) is 0. The first-order chi connectivity index (χ1) is 14.8. The van der Waals surface area contributed by atoms with Crippen LogP contribution in [0, 0.1) is 29.6 Å². The lowest BCUT2D eigenvalue weighted by molar-refractivity contribution is 0.0709. The molecule has 31 heavy (non-hydrogen) atoms. The first-order valence-corrected chi connectivity index (χ1v) is 13.9. The molecule has 1 aliphatic carbocycles. The van der Waals surface area contributed by atoms with Gasteiger partial charge in [0.2, 0.25) is 10.0 Å². The monoisotopic (exact) mass is 458 g/mol. The molecule has 2 aliphatic heterocycles. The maximum Gasteiger partial charge on any atom is 0.409 e. The molecule has 0 aromatic rings. The Balaban J connectivity index is 1.23. The molecule has 0 aromatic heterocycles. The fourth-order valence-electron chi connectivity index (χ4n) is 5.04. The summed E-state index contributed by atoms with van der Waals surface area (Å²) in [6.45, 7) is 10.8. The van der Waals surface area contributed by atoms with E-state index in [1.165, 1.54) is 6.42 Å². The summed E-state index contributed by atoms with van der Waals surface area (Å²) >= 11 is 0. The molecule has 3 fully saturated rings. The van der Waals surface area contributed by atoms with E-state index in [9.17, 15) is 13.2 Å². The van der Waals surface area contributed by atoms with E-state index >= 15 is 0 Å². The Hall–Kier alpha value is -0.860. The number of ether oxygens (including phenoxy) is 2. The first kappa shape index (κ1) is 24.8. The third kappa shape index (κ3) is 7.32. The van der Waals surface area contributed by atoms with E-state index < -0.39 is 10.0 Å². The Morgan fingerprint density at radius 3 is 2.35 bits per heavy atom. The Labute approximate surface area is 188 Å². The second kappa shape index (κ2) is 11.3. The van der Waals surface area contributed by atoms with Gasteiger partial charge in [-0.05, 0) is 75.0 Å². The molecule has 1 saturated carbocycles. The van der Waals surface area contributed by atoms with Gasteiger partial charge < -0.3 is 14.4 Å². The molecule has 2 heterocycles. The van der Waals surface area contributed by atoms with Crippen molar-refractivity contribution in [2.75, 3.05) is 51.8 Å². The van der Waals surface area contributed by atoms with Gasteiger partial charge in [-0.15, -0.1) is 0 Å². The predicted octanol–water partition coefficient (Wildman–Crippen LogP) is 3.60. The zero-order chi connectivity index (χ0) is 22.4. The molecule has 2 saturated heterocycles. The fourth-order valence-corrected chi connectivity index (χ4v) is 6.17. The number of piperidine rings is 2. The maximum atomic E-state index is 12.1. The minimum absolute atomic E-state index is 0.147. The number of likely N-dealkylation sites (tertiary alicyclic amines) is 1. The Morgan fingerprint density at radius 1 is 1.06 bits per heavy atom. The number of carbonyl (C=O) groups is 1. The highest BCUT2D eigenvalue weighted by atomic mass is 32.2. The minimum atomic E-state index is -3.04. The average Bonchev–Trinajstić information content (AvgIpc) is 3.55. The SMILES string of the molecule is CCS(=O)(=O)N1CCC(COCCC2CC2C2CCN(C(=O)OCC(C)C)CC2)CC1. The van der Waals surface area contributed by atoms with E-state index in [0.29, 0.717) is 31.5 Å². The van der Waals surface area contributed by atoms with Crippen molar-refractivity contribution in [3.63, 3.8) is 0 Å². The lowest BCUT2D eigenvalue weighted by atomic mass is 9.91. The molecule has 1 amide bonds. The zero-order valence-electron chi connectivity index (χ0n) is 19.6. The summed E-state index contributed by atoms with van der Waals surface area (Å²) in [6.07, 6.45) is 6.29. The van der Waals surface area contributed by atoms with Crippen molar-refractivity contribution in [2.24, 2.45) is 29.6 Å². The smallest absolute Gasteiger partial charge is 0.409 e. The van der Waals surface area contributed by atoms with Gasteiger partial charge in [0.15, 0.2) is 0 Å². The second-order valence-electron chi connectivity index (χ2n) is 10.1. The van der Waals surface area contributed by atoms with Crippen molar-refractivity contribution in [3.05, 3.63) is 0 Å². The van der Waals surface area contributed by atoms with Crippen molar-refractivity contribution >= 4 is 16.1 Å². The van der Waals surface area contributed by atoms with E-state index in [1.54, 1.807) is 11.2 Å². The third-order valence-electron chi connectivity index (χ3n) is 7.24. The molecule has 2 unspecified atom stereocenters. The molecular weight excluding hydrogens is 416 g/mol. The predicted molar refractivity (Wildman–Crippen MR) is 121 cm³/mol. The number of hydrogen-bond donors (Lipinski definition) is 0. The fraction of sp³-hybridized carbons (Fsp3) is 0.957. The Bertz CT molecular complexity index is 667. The number of hydrogen-bond acceptors (Lipinski definition) is 5. The van der Waals surface area contributed by atoms with Gasteiger partial charge in [-0.25, -0.2) is 17.5 Å². The van der Waals surface area contributed by atoms with Gasteiger partial charge in [-0.2, -0.15) is 0 Å². The van der Waals surface area contributed by atoms with Crippen LogP contribution in [0.5, 0.6) is 0 Å². The van der Waals surface area contributed by atoms with Gasteiger partial charge in [-0.1, -0.05) is 13.8 Å². The molecule has 0 bridgehead atoms. The molecule has 3 aliphatic rings. The molecule has 2 atom stereocenters. The molecule has 0 spiro atoms. The normalized spacial score (nSPS) is 26.4. The van der Waals surface area contributed by atoms with E-state index in [0.717, 1.165) is 76.2 Å². The highest BCUT2D eigenvalue weighted by Crippen LogP contribution is 2.49. The van der Waals surface area contributed by atoms with Crippen molar-refractivity contribution in [2.45, 2.75) is 59.3 Å². The molecular formula is C23H42N2O5S. The van der Waals surface area contributed by atoms with Crippen LogP contribution < -0.4 is 0 Å². The highest BCUT2D eigenvalue weighted by Gasteiger charge is 2.43. The van der Waals surface area contributed by atoms with Gasteiger partial charge in [0.25, 0.3) is 0 Å². The lowest BCUT2D eigenvalue weighted by Crippen LogP contribution is -2.40. The van der Waals surface area contributed by atoms with Crippen LogP contribution in [0.4, 0.5) is 4.79 Å². The van der Waals surface area contributed by atoms with Crippen LogP contribution in [-0.4, -0.2) is 75.5 Å². The summed E-state index contributed by atoms with van der Waals surface area (Å²) in [7, 11) is -3.04. The molecule has 0 N–H and O–H groups in total. The first-order valence-electron chi connectivity index (χ1n) is 12.3. The van der Waals surface area contributed by atoms with Crippen LogP contribution in [0.3, 0.4) is 0 Å². The zero-order valence-corrected chi connectivity index (χ0v) is 20.4. The topological polar surface area (TPSA) is 76.2 Å². The van der Waals surface area contributed by atoms with Crippen molar-refractivity contribution in [1.29, 1.82) is 0 Å². The van der Waals surface area contributed by atoms with Crippen LogP contribution >= 0.6 is 0 Å². The molecule has 7 nitrogen and oxygen atoms in total. The second-order valence-corrected chi connectivity index (χ2v) is 12.3. The molecule has 3 rings (SSSR count). The number of nitrogens with zero attached hydrogens (tertiary/aromatic N) is 2. The average molecular weight is 459 g/mol. The van der Waals surface area contributed by atoms with E-state index in [1.807, 2.05) is 4.90 Å². The molecule has 0 aromatic carbocycles. The number of carbonyl (C=O) groups excluding carboxylic acids is 1. The van der Waals surface area contributed by atoms with Crippen molar-refractivity contribution < 1.29 is 22.7 Å². The van der Waals surface area contributed by atoms with Crippen LogP contribution in [0.1, 0.15) is 59.3 Å². The summed E-state index contributed by atoms with van der Waals surface area (Å²) in [4.78, 5) is 14.0. The van der Waals surface area contributed by atoms with Gasteiger partial charge >= 0.3 is 6.09 Å². The largest absolute Gasteiger partial charge is 0.449 e. The lowest BCUT2D eigenvalue weighted by Gasteiger charge is -2.32. The van der Waals surface area contributed by atoms with Crippen molar-refractivity contribution in [3.8, 4) is 0 Å². The summed E-state index contributed by atoms with van der Waals surface area (Å²) in [5.41, 5.74) is 0. The molecule has 180 valence electrons. The minimum Gasteiger partial charge on any atom is -0.449 e. The summed E-state index contributed by atoms with van der Waals surface area (Å²) in [5, 5.41) is 0. The summed E-state index contributed by atoms with van der Waals surface area (Å²) in [5.74, 6) is 3.38. The van der Waals surface area contributed by atoms with Crippen molar-refractivity contribution in [1.82, 2.24) is 9.21 Å². The Kier molecular flexibility index (Phi) is 9.05. The van der Waals surface area contributed by atoms with Crippen LogP contribution in [0.2, 0.25) is 0 Å². The van der Waals surface area contributed by atoms with E-state index in [4.69, 9.17) is 9.47 Å². The maximum absolute atomic E-state index is 12.1.